The predicted molar refractivity (Wildman–Crippen MR) is 132 cm³/mol. The molecule has 0 N–H and O–H groups in total. The van der Waals surface area contributed by atoms with Crippen LogP contribution in [0.1, 0.15) is 40.2 Å². The minimum atomic E-state index is -0.117. The number of rotatable bonds is 4. The number of carbonyl (C=O) groups is 1. The van der Waals surface area contributed by atoms with Crippen molar-refractivity contribution in [2.75, 3.05) is 18.0 Å². The second-order valence-corrected chi connectivity index (χ2v) is 7.04. The summed E-state index contributed by atoms with van der Waals surface area (Å²) in [7, 11) is 0. The first-order valence-corrected chi connectivity index (χ1v) is 10.7. The number of para-hydroxylation sites is 1. The summed E-state index contributed by atoms with van der Waals surface area (Å²) in [6, 6.07) is 12.7. The molecule has 1 heterocycles. The highest BCUT2D eigenvalue weighted by molar-refractivity contribution is 6.54. The zero-order valence-electron chi connectivity index (χ0n) is 18.2. The Morgan fingerprint density at radius 1 is 1.13 bits per heavy atom. The van der Waals surface area contributed by atoms with Gasteiger partial charge in [0, 0.05) is 28.7 Å². The highest BCUT2D eigenvalue weighted by atomic mass is 35.5. The van der Waals surface area contributed by atoms with Gasteiger partial charge in [0.1, 0.15) is 5.71 Å². The highest BCUT2D eigenvalue weighted by Gasteiger charge is 2.33. The van der Waals surface area contributed by atoms with Crippen LogP contribution in [0.3, 0.4) is 0 Å². The van der Waals surface area contributed by atoms with Gasteiger partial charge in [-0.3, -0.25) is 4.79 Å². The summed E-state index contributed by atoms with van der Waals surface area (Å²) in [6.07, 6.45) is 2.00. The molecule has 0 atom stereocenters. The van der Waals surface area contributed by atoms with Crippen molar-refractivity contribution >= 4 is 52.9 Å². The van der Waals surface area contributed by atoms with Gasteiger partial charge in [-0.2, -0.15) is 0 Å². The van der Waals surface area contributed by atoms with Gasteiger partial charge in [-0.05, 0) is 51.8 Å². The molecule has 3 rings (SSSR count). The van der Waals surface area contributed by atoms with Gasteiger partial charge in [0.05, 0.1) is 11.4 Å². The molecule has 0 aliphatic carbocycles. The number of allylic oxidation sites excluding steroid dienone is 1. The molecule has 0 bridgehead atoms. The fourth-order valence-electron chi connectivity index (χ4n) is 2.60. The molecular formula is C24H29Cl2N3O. The van der Waals surface area contributed by atoms with E-state index in [0.717, 1.165) is 23.4 Å². The van der Waals surface area contributed by atoms with Gasteiger partial charge in [0.2, 0.25) is 0 Å². The van der Waals surface area contributed by atoms with Gasteiger partial charge >= 0.3 is 0 Å². The number of hydrogen-bond acceptors (Lipinski definition) is 3. The number of fused-ring (bicyclic) bond motifs is 1. The van der Waals surface area contributed by atoms with Gasteiger partial charge in [-0.25, -0.2) is 4.99 Å². The van der Waals surface area contributed by atoms with Crippen molar-refractivity contribution in [3.63, 3.8) is 0 Å². The number of amides is 1. The second kappa shape index (κ2) is 13.0. The van der Waals surface area contributed by atoms with Crippen LogP contribution in [0.2, 0.25) is 10.0 Å². The smallest absolute Gasteiger partial charge is 0.277 e. The van der Waals surface area contributed by atoms with Crippen molar-refractivity contribution in [1.82, 2.24) is 0 Å². The van der Waals surface area contributed by atoms with Gasteiger partial charge in [0.25, 0.3) is 5.91 Å². The first-order valence-electron chi connectivity index (χ1n) is 9.91. The van der Waals surface area contributed by atoms with Crippen LogP contribution in [0.25, 0.3) is 0 Å². The summed E-state index contributed by atoms with van der Waals surface area (Å²) < 4.78 is 0. The molecule has 1 aliphatic heterocycles. The number of benzene rings is 2. The van der Waals surface area contributed by atoms with Crippen LogP contribution >= 0.6 is 23.2 Å². The zero-order chi connectivity index (χ0) is 22.7. The van der Waals surface area contributed by atoms with Gasteiger partial charge in [-0.15, -0.1) is 0 Å². The number of halogens is 2. The second-order valence-electron chi connectivity index (χ2n) is 6.17. The molecule has 6 heteroatoms. The molecule has 0 radical (unpaired) electrons. The fraction of sp³-hybridized carbons (Fsp3) is 0.292. The molecular weight excluding hydrogens is 417 g/mol. The van der Waals surface area contributed by atoms with Crippen molar-refractivity contribution < 1.29 is 4.79 Å². The SMILES string of the molecule is C/C=C(\C)CN1C(=O)C(=Nc2cc(Cl)cc(Cl)c2)c2ccccc21.C=NCC.CC. The minimum Gasteiger partial charge on any atom is -0.302 e. The van der Waals surface area contributed by atoms with Crippen LogP contribution in [-0.2, 0) is 4.79 Å². The Kier molecular flexibility index (Phi) is 11.1. The van der Waals surface area contributed by atoms with E-state index in [4.69, 9.17) is 23.2 Å². The third-order valence-electron chi connectivity index (χ3n) is 4.11. The van der Waals surface area contributed by atoms with E-state index in [1.807, 2.05) is 65.0 Å². The van der Waals surface area contributed by atoms with Gasteiger partial charge < -0.3 is 9.89 Å². The lowest BCUT2D eigenvalue weighted by Crippen LogP contribution is -2.31. The lowest BCUT2D eigenvalue weighted by Gasteiger charge is -2.16. The van der Waals surface area contributed by atoms with E-state index in [9.17, 15) is 4.79 Å². The van der Waals surface area contributed by atoms with Crippen LogP contribution in [-0.4, -0.2) is 31.4 Å². The summed E-state index contributed by atoms with van der Waals surface area (Å²) in [5.41, 5.74) is 3.78. The van der Waals surface area contributed by atoms with Crippen molar-refractivity contribution in [2.45, 2.75) is 34.6 Å². The molecule has 0 saturated carbocycles. The lowest BCUT2D eigenvalue weighted by atomic mass is 10.1. The summed E-state index contributed by atoms with van der Waals surface area (Å²) in [6.45, 7) is 14.5. The number of hydrogen-bond donors (Lipinski definition) is 0. The quantitative estimate of drug-likeness (QED) is 0.363. The monoisotopic (exact) mass is 445 g/mol. The number of aliphatic imine (C=N–C) groups is 2. The standard InChI is InChI=1S/C19H16Cl2N2O.C3H7N.C2H6/c1-3-12(2)11-23-17-7-5-4-6-16(17)18(19(23)24)22-15-9-13(20)8-14(21)10-15;1-3-4-2;1-2/h3-10H,11H2,1-2H3;2-3H2,1H3;1-2H3/b12-3+,22-18?;;. The topological polar surface area (TPSA) is 45.0 Å². The summed E-state index contributed by atoms with van der Waals surface area (Å²) in [5.74, 6) is -0.117. The minimum absolute atomic E-state index is 0.117. The molecule has 0 spiro atoms. The normalized spacial score (nSPS) is 13.8. The average Bonchev–Trinajstić information content (AvgIpc) is 3.00. The largest absolute Gasteiger partial charge is 0.302 e. The zero-order valence-corrected chi connectivity index (χ0v) is 19.8. The van der Waals surface area contributed by atoms with E-state index in [2.05, 4.69) is 16.7 Å². The molecule has 1 aliphatic rings. The number of carbonyl (C=O) groups excluding carboxylic acids is 1. The van der Waals surface area contributed by atoms with Gasteiger partial charge in [-0.1, -0.05) is 66.9 Å². The Bertz CT molecular complexity index is 916. The lowest BCUT2D eigenvalue weighted by molar-refractivity contribution is -0.112. The van der Waals surface area contributed by atoms with Crippen molar-refractivity contribution in [1.29, 1.82) is 0 Å². The van der Waals surface area contributed by atoms with Crippen LogP contribution in [0.5, 0.6) is 0 Å². The van der Waals surface area contributed by atoms with Gasteiger partial charge in [0.15, 0.2) is 0 Å². The molecule has 0 saturated heterocycles. The highest BCUT2D eigenvalue weighted by Crippen LogP contribution is 2.32. The van der Waals surface area contributed by atoms with Crippen LogP contribution in [0, 0.1) is 0 Å². The summed E-state index contributed by atoms with van der Waals surface area (Å²) >= 11 is 12.1. The third-order valence-corrected chi connectivity index (χ3v) is 4.55. The summed E-state index contributed by atoms with van der Waals surface area (Å²) in [5, 5.41) is 0.976. The number of nitrogens with zero attached hydrogens (tertiary/aromatic N) is 3. The third kappa shape index (κ3) is 6.82. The number of anilines is 1. The molecule has 4 nitrogen and oxygen atoms in total. The maximum atomic E-state index is 12.9. The molecule has 1 amide bonds. The van der Waals surface area contributed by atoms with Crippen LogP contribution in [0.15, 0.2) is 64.1 Å². The van der Waals surface area contributed by atoms with E-state index in [0.29, 0.717) is 28.0 Å². The van der Waals surface area contributed by atoms with E-state index in [1.54, 1.807) is 23.1 Å². The maximum Gasteiger partial charge on any atom is 0.277 e. The molecule has 30 heavy (non-hydrogen) atoms. The Labute approximate surface area is 190 Å². The van der Waals surface area contributed by atoms with Crippen molar-refractivity contribution in [2.24, 2.45) is 9.98 Å². The molecule has 0 fully saturated rings. The molecule has 2 aromatic carbocycles. The van der Waals surface area contributed by atoms with E-state index in [1.165, 1.54) is 0 Å². The van der Waals surface area contributed by atoms with Crippen molar-refractivity contribution in [3.8, 4) is 0 Å². The Morgan fingerprint density at radius 3 is 2.23 bits per heavy atom. The molecule has 2 aromatic rings. The molecule has 160 valence electrons. The Hall–Kier alpha value is -2.43. The summed E-state index contributed by atoms with van der Waals surface area (Å²) in [4.78, 5) is 22.6. The first kappa shape index (κ1) is 25.6. The Morgan fingerprint density at radius 2 is 1.70 bits per heavy atom. The van der Waals surface area contributed by atoms with Crippen LogP contribution < -0.4 is 4.90 Å². The van der Waals surface area contributed by atoms with E-state index in [-0.39, 0.29) is 5.91 Å². The molecule has 0 aromatic heterocycles. The van der Waals surface area contributed by atoms with Crippen molar-refractivity contribution in [3.05, 3.63) is 69.7 Å². The molecule has 0 unspecified atom stereocenters. The average molecular weight is 446 g/mol. The first-order chi connectivity index (χ1) is 14.4. The van der Waals surface area contributed by atoms with Crippen LogP contribution in [0.4, 0.5) is 11.4 Å². The van der Waals surface area contributed by atoms with E-state index >= 15 is 0 Å². The maximum absolute atomic E-state index is 12.9. The predicted octanol–water partition coefficient (Wildman–Crippen LogP) is 7.16. The van der Waals surface area contributed by atoms with E-state index < -0.39 is 0 Å². The Balaban J connectivity index is 0.000000673. The fourth-order valence-corrected chi connectivity index (χ4v) is 3.11.